The Morgan fingerprint density at radius 1 is 1.56 bits per heavy atom. The number of carboxylic acid groups (broad SMARTS) is 1. The number of piperidine rings is 1. The Labute approximate surface area is 93.0 Å². The monoisotopic (exact) mass is 225 g/mol. The molecule has 1 aliphatic rings. The number of aliphatic carboxylic acids is 1. The first-order valence-corrected chi connectivity index (χ1v) is 5.53. The van der Waals surface area contributed by atoms with Gasteiger partial charge in [-0.15, -0.1) is 0 Å². The van der Waals surface area contributed by atoms with Gasteiger partial charge in [-0.25, -0.2) is 0 Å². The number of hydrogen-bond acceptors (Lipinski definition) is 5. The van der Waals surface area contributed by atoms with Crippen molar-refractivity contribution in [1.82, 2.24) is 15.5 Å². The summed E-state index contributed by atoms with van der Waals surface area (Å²) in [4.78, 5) is 14.6. The van der Waals surface area contributed by atoms with Crippen LogP contribution in [0.3, 0.4) is 0 Å². The number of nitrogens with zero attached hydrogens (tertiary/aromatic N) is 2. The zero-order chi connectivity index (χ0) is 11.4. The number of aromatic nitrogens is 2. The third-order valence-corrected chi connectivity index (χ3v) is 2.66. The lowest BCUT2D eigenvalue weighted by atomic mass is 10.0. The molecule has 1 unspecified atom stereocenters. The third-order valence-electron chi connectivity index (χ3n) is 2.66. The normalized spacial score (nSPS) is 20.9. The second kappa shape index (κ2) is 5.07. The first kappa shape index (κ1) is 11.1. The molecule has 0 saturated carbocycles. The maximum atomic E-state index is 10.4. The smallest absolute Gasteiger partial charge is 0.303 e. The molecule has 1 fully saturated rings. The Morgan fingerprint density at radius 3 is 3.12 bits per heavy atom. The van der Waals surface area contributed by atoms with E-state index < -0.39 is 5.97 Å². The van der Waals surface area contributed by atoms with E-state index in [-0.39, 0.29) is 12.5 Å². The highest BCUT2D eigenvalue weighted by molar-refractivity contribution is 5.66. The van der Waals surface area contributed by atoms with Gasteiger partial charge in [-0.05, 0) is 19.4 Å². The highest BCUT2D eigenvalue weighted by Crippen LogP contribution is 2.20. The highest BCUT2D eigenvalue weighted by Gasteiger charge is 2.20. The molecule has 0 bridgehead atoms. The number of carbonyl (C=O) groups is 1. The zero-order valence-corrected chi connectivity index (χ0v) is 8.98. The average Bonchev–Trinajstić information content (AvgIpc) is 2.76. The molecule has 1 aliphatic heterocycles. The van der Waals surface area contributed by atoms with E-state index in [1.165, 1.54) is 6.42 Å². The molecule has 0 amide bonds. The second-order valence-corrected chi connectivity index (χ2v) is 3.94. The van der Waals surface area contributed by atoms with Crippen molar-refractivity contribution in [3.8, 4) is 0 Å². The molecule has 2 heterocycles. The molecule has 1 atom stereocenters. The molecule has 6 nitrogen and oxygen atoms in total. The standard InChI is InChI=1S/C10H15N3O3/c14-9(15)5-4-8-12-10(13-16-8)7-3-1-2-6-11-7/h7,11H,1-6H2,(H,14,15). The van der Waals surface area contributed by atoms with Crippen LogP contribution >= 0.6 is 0 Å². The van der Waals surface area contributed by atoms with Gasteiger partial charge in [0.1, 0.15) is 0 Å². The predicted molar refractivity (Wildman–Crippen MR) is 54.8 cm³/mol. The van der Waals surface area contributed by atoms with E-state index in [1.807, 2.05) is 0 Å². The lowest BCUT2D eigenvalue weighted by Crippen LogP contribution is -2.27. The Kier molecular flexibility index (Phi) is 3.51. The molecule has 16 heavy (non-hydrogen) atoms. The first-order chi connectivity index (χ1) is 7.75. The summed E-state index contributed by atoms with van der Waals surface area (Å²) in [7, 11) is 0. The van der Waals surface area contributed by atoms with Crippen molar-refractivity contribution in [1.29, 1.82) is 0 Å². The minimum absolute atomic E-state index is 0.0275. The Bertz CT molecular complexity index is 358. The minimum atomic E-state index is -0.851. The first-order valence-electron chi connectivity index (χ1n) is 5.53. The molecule has 0 aromatic carbocycles. The van der Waals surface area contributed by atoms with Crippen molar-refractivity contribution in [2.24, 2.45) is 0 Å². The summed E-state index contributed by atoms with van der Waals surface area (Å²) in [5.74, 6) is 0.209. The van der Waals surface area contributed by atoms with Crippen LogP contribution in [0.25, 0.3) is 0 Å². The van der Waals surface area contributed by atoms with Crippen LogP contribution < -0.4 is 5.32 Å². The molecule has 1 aromatic heterocycles. The van der Waals surface area contributed by atoms with E-state index >= 15 is 0 Å². The number of rotatable bonds is 4. The minimum Gasteiger partial charge on any atom is -0.481 e. The van der Waals surface area contributed by atoms with Crippen molar-refractivity contribution in [2.45, 2.75) is 38.1 Å². The fourth-order valence-corrected chi connectivity index (χ4v) is 1.80. The van der Waals surface area contributed by atoms with Gasteiger partial charge in [0.2, 0.25) is 5.89 Å². The van der Waals surface area contributed by atoms with Crippen LogP contribution in [0, 0.1) is 0 Å². The summed E-state index contributed by atoms with van der Waals surface area (Å²) in [6.45, 7) is 0.976. The fraction of sp³-hybridized carbons (Fsp3) is 0.700. The lowest BCUT2D eigenvalue weighted by Gasteiger charge is -2.19. The number of carboxylic acids is 1. The molecular formula is C10H15N3O3. The van der Waals surface area contributed by atoms with E-state index in [1.54, 1.807) is 0 Å². The van der Waals surface area contributed by atoms with Crippen LogP contribution in [0.4, 0.5) is 0 Å². The fourth-order valence-electron chi connectivity index (χ4n) is 1.80. The summed E-state index contributed by atoms with van der Waals surface area (Å²) in [5, 5.41) is 15.7. The topological polar surface area (TPSA) is 88.2 Å². The van der Waals surface area contributed by atoms with Crippen LogP contribution in [0.1, 0.15) is 43.4 Å². The average molecular weight is 225 g/mol. The molecule has 0 spiro atoms. The van der Waals surface area contributed by atoms with Gasteiger partial charge in [0.05, 0.1) is 12.5 Å². The number of nitrogens with one attached hydrogen (secondary N) is 1. The van der Waals surface area contributed by atoms with E-state index in [4.69, 9.17) is 9.63 Å². The van der Waals surface area contributed by atoms with E-state index in [0.717, 1.165) is 19.4 Å². The van der Waals surface area contributed by atoms with Gasteiger partial charge in [0.15, 0.2) is 5.82 Å². The van der Waals surface area contributed by atoms with E-state index in [0.29, 0.717) is 18.1 Å². The summed E-state index contributed by atoms with van der Waals surface area (Å²) >= 11 is 0. The predicted octanol–water partition coefficient (Wildman–Crippen LogP) is 0.901. The van der Waals surface area contributed by atoms with Gasteiger partial charge >= 0.3 is 5.97 Å². The molecule has 6 heteroatoms. The van der Waals surface area contributed by atoms with Crippen LogP contribution in [-0.2, 0) is 11.2 Å². The van der Waals surface area contributed by atoms with Gasteiger partial charge in [0.25, 0.3) is 0 Å². The van der Waals surface area contributed by atoms with E-state index in [9.17, 15) is 4.79 Å². The van der Waals surface area contributed by atoms with Crippen molar-refractivity contribution < 1.29 is 14.4 Å². The van der Waals surface area contributed by atoms with Crippen molar-refractivity contribution in [3.05, 3.63) is 11.7 Å². The third kappa shape index (κ3) is 2.79. The highest BCUT2D eigenvalue weighted by atomic mass is 16.5. The number of hydrogen-bond donors (Lipinski definition) is 2. The van der Waals surface area contributed by atoms with Crippen LogP contribution in [0.5, 0.6) is 0 Å². The Morgan fingerprint density at radius 2 is 2.44 bits per heavy atom. The molecule has 0 radical (unpaired) electrons. The van der Waals surface area contributed by atoms with Gasteiger partial charge in [-0.1, -0.05) is 11.6 Å². The lowest BCUT2D eigenvalue weighted by molar-refractivity contribution is -0.137. The Balaban J connectivity index is 1.93. The zero-order valence-electron chi connectivity index (χ0n) is 8.98. The maximum Gasteiger partial charge on any atom is 0.303 e. The molecule has 2 N–H and O–H groups in total. The molecule has 0 aliphatic carbocycles. The molecule has 88 valence electrons. The summed E-state index contributed by atoms with van der Waals surface area (Å²) < 4.78 is 5.00. The van der Waals surface area contributed by atoms with Gasteiger partial charge < -0.3 is 14.9 Å². The second-order valence-electron chi connectivity index (χ2n) is 3.94. The van der Waals surface area contributed by atoms with Gasteiger partial charge in [-0.2, -0.15) is 4.98 Å². The maximum absolute atomic E-state index is 10.4. The Hall–Kier alpha value is -1.43. The van der Waals surface area contributed by atoms with Crippen LogP contribution in [0.2, 0.25) is 0 Å². The van der Waals surface area contributed by atoms with Crippen molar-refractivity contribution in [2.75, 3.05) is 6.54 Å². The SMILES string of the molecule is O=C(O)CCc1nc(C2CCCCN2)no1. The van der Waals surface area contributed by atoms with Gasteiger partial charge in [-0.3, -0.25) is 4.79 Å². The number of aryl methyl sites for hydroxylation is 1. The molecule has 1 aromatic rings. The van der Waals surface area contributed by atoms with E-state index in [2.05, 4.69) is 15.5 Å². The van der Waals surface area contributed by atoms with Crippen LogP contribution in [-0.4, -0.2) is 27.8 Å². The van der Waals surface area contributed by atoms with Gasteiger partial charge in [0, 0.05) is 6.42 Å². The summed E-state index contributed by atoms with van der Waals surface area (Å²) in [6.07, 6.45) is 3.68. The molecule has 2 rings (SSSR count). The molecule has 1 saturated heterocycles. The quantitative estimate of drug-likeness (QED) is 0.791. The van der Waals surface area contributed by atoms with Crippen molar-refractivity contribution in [3.63, 3.8) is 0 Å². The summed E-state index contributed by atoms with van der Waals surface area (Å²) in [6, 6.07) is 0.163. The van der Waals surface area contributed by atoms with Crippen LogP contribution in [0.15, 0.2) is 4.52 Å². The molecular weight excluding hydrogens is 210 g/mol. The van der Waals surface area contributed by atoms with Crippen molar-refractivity contribution >= 4 is 5.97 Å². The largest absolute Gasteiger partial charge is 0.481 e. The summed E-state index contributed by atoms with van der Waals surface area (Å²) in [5.41, 5.74) is 0.